The molecule has 174 valence electrons. The van der Waals surface area contributed by atoms with Gasteiger partial charge in [0.2, 0.25) is 0 Å². The minimum atomic E-state index is -0.420. The molecule has 2 heterocycles. The van der Waals surface area contributed by atoms with Gasteiger partial charge in [0.1, 0.15) is 0 Å². The Hall–Kier alpha value is -0.420. The van der Waals surface area contributed by atoms with E-state index >= 15 is 0 Å². The molecule has 2 saturated heterocycles. The fourth-order valence-corrected chi connectivity index (χ4v) is 9.72. The maximum Gasteiger partial charge on any atom is 0.171 e. The molecule has 2 N–H and O–H groups in total. The minimum Gasteiger partial charge on any atom is -0.393 e. The molecule has 0 aromatic carbocycles. The third-order valence-electron chi connectivity index (χ3n) is 11.4. The minimum absolute atomic E-state index is 0.155. The maximum atomic E-state index is 11.1. The summed E-state index contributed by atoms with van der Waals surface area (Å²) >= 11 is 0. The van der Waals surface area contributed by atoms with Crippen molar-refractivity contribution in [1.29, 1.82) is 0 Å². The first kappa shape index (κ1) is 21.1. The lowest BCUT2D eigenvalue weighted by Crippen LogP contribution is -2.56. The van der Waals surface area contributed by atoms with Gasteiger partial charge in [-0.3, -0.25) is 0 Å². The molecule has 0 amide bonds. The number of aliphatic hydroxyl groups excluding tert-OH is 2. The van der Waals surface area contributed by atoms with Gasteiger partial charge in [0, 0.05) is 24.2 Å². The highest BCUT2D eigenvalue weighted by Crippen LogP contribution is 2.70. The highest BCUT2D eigenvalue weighted by Gasteiger charge is 2.69. The molecule has 1 spiro atoms. The van der Waals surface area contributed by atoms with E-state index in [1.54, 1.807) is 0 Å². The first-order chi connectivity index (χ1) is 14.7. The van der Waals surface area contributed by atoms with E-state index in [9.17, 15) is 10.2 Å². The summed E-state index contributed by atoms with van der Waals surface area (Å²) in [5.74, 6) is 3.17. The van der Waals surface area contributed by atoms with Crippen LogP contribution < -0.4 is 0 Å². The van der Waals surface area contributed by atoms with Crippen molar-refractivity contribution in [2.24, 2.45) is 46.3 Å². The lowest BCUT2D eigenvalue weighted by molar-refractivity contribution is -0.272. The van der Waals surface area contributed by atoms with E-state index in [0.29, 0.717) is 53.4 Å². The highest BCUT2D eigenvalue weighted by molar-refractivity contribution is 5.28. The summed E-state index contributed by atoms with van der Waals surface area (Å²) in [6, 6.07) is 0. The van der Waals surface area contributed by atoms with Gasteiger partial charge in [-0.15, -0.1) is 0 Å². The molecule has 6 rings (SSSR count). The van der Waals surface area contributed by atoms with Crippen molar-refractivity contribution >= 4 is 0 Å². The zero-order valence-electron chi connectivity index (χ0n) is 19.8. The number of rotatable bonds is 0. The van der Waals surface area contributed by atoms with Crippen LogP contribution in [0.1, 0.15) is 79.1 Å². The van der Waals surface area contributed by atoms with Gasteiger partial charge in [0.15, 0.2) is 5.79 Å². The van der Waals surface area contributed by atoms with E-state index in [2.05, 4.69) is 33.8 Å². The van der Waals surface area contributed by atoms with E-state index in [1.165, 1.54) is 24.8 Å². The van der Waals surface area contributed by atoms with Crippen LogP contribution in [0.4, 0.5) is 0 Å². The molecule has 4 nitrogen and oxygen atoms in total. The Kier molecular flexibility index (Phi) is 4.64. The smallest absolute Gasteiger partial charge is 0.171 e. The maximum absolute atomic E-state index is 11.1. The molecule has 12 unspecified atom stereocenters. The molecular formula is C27H42O4. The van der Waals surface area contributed by atoms with Crippen molar-refractivity contribution < 1.29 is 19.7 Å². The van der Waals surface area contributed by atoms with Crippen LogP contribution in [0, 0.1) is 46.3 Å². The third-order valence-corrected chi connectivity index (χ3v) is 11.4. The van der Waals surface area contributed by atoms with Crippen LogP contribution >= 0.6 is 0 Å². The predicted molar refractivity (Wildman–Crippen MR) is 119 cm³/mol. The van der Waals surface area contributed by atoms with Gasteiger partial charge < -0.3 is 19.7 Å². The number of allylic oxidation sites excluding steroid dienone is 1. The largest absolute Gasteiger partial charge is 0.393 e. The molecular weight excluding hydrogens is 388 g/mol. The molecule has 12 atom stereocenters. The second-order valence-corrected chi connectivity index (χ2v) is 12.8. The van der Waals surface area contributed by atoms with Crippen LogP contribution in [0.3, 0.4) is 0 Å². The molecule has 0 aromatic heterocycles. The standard InChI is InChI=1S/C27H42O4/c1-15-7-10-27(30-14-15)16(2)24-22(31-27)13-21-19-6-5-17-11-18(28)12-23(29)26(17,4)20(19)8-9-25(21,24)3/h5,15-16,18-24,28-29H,6-14H2,1-4H3. The predicted octanol–water partition coefficient (Wildman–Crippen LogP) is 4.68. The van der Waals surface area contributed by atoms with Gasteiger partial charge in [0.25, 0.3) is 0 Å². The van der Waals surface area contributed by atoms with Gasteiger partial charge in [-0.05, 0) is 73.5 Å². The van der Waals surface area contributed by atoms with Crippen molar-refractivity contribution in [3.05, 3.63) is 11.6 Å². The Morgan fingerprint density at radius 2 is 1.84 bits per heavy atom. The summed E-state index contributed by atoms with van der Waals surface area (Å²) in [5.41, 5.74) is 1.48. The van der Waals surface area contributed by atoms with Crippen molar-refractivity contribution in [3.8, 4) is 0 Å². The molecule has 4 aliphatic carbocycles. The lowest BCUT2D eigenvalue weighted by Gasteiger charge is -2.59. The molecule has 6 aliphatic rings. The van der Waals surface area contributed by atoms with E-state index in [4.69, 9.17) is 9.47 Å². The van der Waals surface area contributed by atoms with Crippen molar-refractivity contribution in [2.45, 2.75) is 103 Å². The van der Waals surface area contributed by atoms with Crippen LogP contribution in [0.15, 0.2) is 11.6 Å². The molecule has 4 heteroatoms. The number of hydrogen-bond donors (Lipinski definition) is 2. The van der Waals surface area contributed by atoms with Crippen LogP contribution in [0.2, 0.25) is 0 Å². The molecule has 0 bridgehead atoms. The number of fused-ring (bicyclic) bond motifs is 7. The molecule has 3 saturated carbocycles. The van der Waals surface area contributed by atoms with E-state index in [1.807, 2.05) is 0 Å². The fraction of sp³-hybridized carbons (Fsp3) is 0.926. The Balaban J connectivity index is 1.29. The Morgan fingerprint density at radius 3 is 2.58 bits per heavy atom. The van der Waals surface area contributed by atoms with Gasteiger partial charge in [-0.2, -0.15) is 0 Å². The Bertz CT molecular complexity index is 769. The third kappa shape index (κ3) is 2.68. The zero-order chi connectivity index (χ0) is 21.8. The summed E-state index contributed by atoms with van der Waals surface area (Å²) in [4.78, 5) is 0. The summed E-state index contributed by atoms with van der Waals surface area (Å²) in [7, 11) is 0. The summed E-state index contributed by atoms with van der Waals surface area (Å²) in [6.07, 6.45) is 10.2. The van der Waals surface area contributed by atoms with E-state index < -0.39 is 6.10 Å². The molecule has 0 aromatic rings. The SMILES string of the molecule is CC1CCC2(OC1)OC1CC3C4CC=C5CC(O)CC(O)C5(C)C4CCC3(C)C1C2C. The molecule has 5 fully saturated rings. The van der Waals surface area contributed by atoms with Crippen LogP contribution in [0.5, 0.6) is 0 Å². The van der Waals surface area contributed by atoms with Crippen LogP contribution in [-0.4, -0.2) is 40.9 Å². The van der Waals surface area contributed by atoms with Gasteiger partial charge in [0.05, 0.1) is 24.9 Å². The molecule has 31 heavy (non-hydrogen) atoms. The average Bonchev–Trinajstić information content (AvgIpc) is 3.16. The van der Waals surface area contributed by atoms with E-state index in [0.717, 1.165) is 32.3 Å². The fourth-order valence-electron chi connectivity index (χ4n) is 9.72. The second kappa shape index (κ2) is 6.81. The topological polar surface area (TPSA) is 58.9 Å². The quantitative estimate of drug-likeness (QED) is 0.548. The summed E-state index contributed by atoms with van der Waals surface area (Å²) < 4.78 is 13.3. The van der Waals surface area contributed by atoms with Crippen LogP contribution in [0.25, 0.3) is 0 Å². The molecule has 2 aliphatic heterocycles. The van der Waals surface area contributed by atoms with Gasteiger partial charge in [-0.1, -0.05) is 39.3 Å². The average molecular weight is 431 g/mol. The Labute approximate surface area is 187 Å². The molecule has 0 radical (unpaired) electrons. The van der Waals surface area contributed by atoms with Crippen molar-refractivity contribution in [2.75, 3.05) is 6.61 Å². The first-order valence-corrected chi connectivity index (χ1v) is 13.1. The second-order valence-electron chi connectivity index (χ2n) is 12.8. The lowest BCUT2D eigenvalue weighted by atomic mass is 9.46. The number of ether oxygens (including phenoxy) is 2. The van der Waals surface area contributed by atoms with Gasteiger partial charge >= 0.3 is 0 Å². The first-order valence-electron chi connectivity index (χ1n) is 13.1. The number of aliphatic hydroxyl groups is 2. The monoisotopic (exact) mass is 430 g/mol. The summed E-state index contributed by atoms with van der Waals surface area (Å²) in [5, 5.41) is 21.4. The Morgan fingerprint density at radius 1 is 1.03 bits per heavy atom. The summed E-state index contributed by atoms with van der Waals surface area (Å²) in [6.45, 7) is 10.4. The van der Waals surface area contributed by atoms with Gasteiger partial charge in [-0.25, -0.2) is 0 Å². The van der Waals surface area contributed by atoms with Crippen molar-refractivity contribution in [1.82, 2.24) is 0 Å². The normalized spacial score (nSPS) is 60.7. The van der Waals surface area contributed by atoms with Crippen molar-refractivity contribution in [3.63, 3.8) is 0 Å². The number of hydrogen-bond acceptors (Lipinski definition) is 4. The van der Waals surface area contributed by atoms with Crippen LogP contribution in [-0.2, 0) is 9.47 Å². The zero-order valence-corrected chi connectivity index (χ0v) is 19.8. The van der Waals surface area contributed by atoms with E-state index in [-0.39, 0.29) is 17.3 Å². The highest BCUT2D eigenvalue weighted by atomic mass is 16.7.